The number of methoxy groups -OCH3 is 1. The van der Waals surface area contributed by atoms with E-state index in [1.54, 1.807) is 6.92 Å². The summed E-state index contributed by atoms with van der Waals surface area (Å²) >= 11 is 0. The minimum atomic E-state index is -0.382. The maximum absolute atomic E-state index is 11.1. The van der Waals surface area contributed by atoms with Gasteiger partial charge in [0.15, 0.2) is 0 Å². The SMILES string of the molecule is COC(=O)c1[nH]c(C)c(N)c1C. The van der Waals surface area contributed by atoms with Gasteiger partial charge in [0.2, 0.25) is 0 Å². The second-order valence-corrected chi connectivity index (χ2v) is 2.66. The molecule has 0 spiro atoms. The lowest BCUT2D eigenvalue weighted by Crippen LogP contribution is -2.03. The van der Waals surface area contributed by atoms with Gasteiger partial charge in [0.05, 0.1) is 12.8 Å². The van der Waals surface area contributed by atoms with Crippen molar-refractivity contribution < 1.29 is 9.53 Å². The first-order valence-corrected chi connectivity index (χ1v) is 3.61. The van der Waals surface area contributed by atoms with Gasteiger partial charge in [-0.05, 0) is 13.8 Å². The number of ether oxygens (including phenoxy) is 1. The summed E-state index contributed by atoms with van der Waals surface area (Å²) in [5.74, 6) is -0.382. The minimum absolute atomic E-state index is 0.382. The van der Waals surface area contributed by atoms with E-state index in [1.807, 2.05) is 6.92 Å². The Hall–Kier alpha value is -1.45. The van der Waals surface area contributed by atoms with Crippen LogP contribution in [0.4, 0.5) is 5.69 Å². The number of aromatic nitrogens is 1. The minimum Gasteiger partial charge on any atom is -0.464 e. The maximum atomic E-state index is 11.1. The molecular formula is C8H12N2O2. The molecule has 0 atom stereocenters. The maximum Gasteiger partial charge on any atom is 0.354 e. The first-order chi connectivity index (χ1) is 5.57. The number of anilines is 1. The highest BCUT2D eigenvalue weighted by Gasteiger charge is 2.15. The van der Waals surface area contributed by atoms with E-state index in [4.69, 9.17) is 5.73 Å². The number of hydrogen-bond donors (Lipinski definition) is 2. The third kappa shape index (κ3) is 1.15. The number of carbonyl (C=O) groups excluding carboxylic acids is 1. The van der Waals surface area contributed by atoms with Crippen molar-refractivity contribution in [3.05, 3.63) is 17.0 Å². The molecule has 0 aliphatic heterocycles. The molecule has 1 heterocycles. The summed E-state index contributed by atoms with van der Waals surface area (Å²) in [6.45, 7) is 3.60. The fraction of sp³-hybridized carbons (Fsp3) is 0.375. The summed E-state index contributed by atoms with van der Waals surface area (Å²) < 4.78 is 4.56. The van der Waals surface area contributed by atoms with Crippen LogP contribution in [-0.4, -0.2) is 18.1 Å². The first-order valence-electron chi connectivity index (χ1n) is 3.61. The number of H-pyrrole nitrogens is 1. The Bertz CT molecular complexity index is 315. The summed E-state index contributed by atoms with van der Waals surface area (Å²) in [4.78, 5) is 14.0. The predicted octanol–water partition coefficient (Wildman–Crippen LogP) is 1.00. The number of nitrogens with two attached hydrogens (primary N) is 1. The Morgan fingerprint density at radius 2 is 2.08 bits per heavy atom. The Balaban J connectivity index is 3.17. The Kier molecular flexibility index (Phi) is 2.08. The molecule has 0 unspecified atom stereocenters. The van der Waals surface area contributed by atoms with Gasteiger partial charge in [-0.3, -0.25) is 0 Å². The Morgan fingerprint density at radius 1 is 1.50 bits per heavy atom. The molecule has 0 fully saturated rings. The number of aromatic amines is 1. The number of hydrogen-bond acceptors (Lipinski definition) is 3. The van der Waals surface area contributed by atoms with Crippen LogP contribution in [0.15, 0.2) is 0 Å². The third-order valence-electron chi connectivity index (χ3n) is 1.89. The molecule has 1 rings (SSSR count). The van der Waals surface area contributed by atoms with E-state index in [1.165, 1.54) is 7.11 Å². The third-order valence-corrected chi connectivity index (χ3v) is 1.89. The molecule has 0 amide bonds. The number of aryl methyl sites for hydroxylation is 1. The molecule has 0 radical (unpaired) electrons. The van der Waals surface area contributed by atoms with Crippen molar-refractivity contribution in [2.75, 3.05) is 12.8 Å². The van der Waals surface area contributed by atoms with Crippen LogP contribution in [0.1, 0.15) is 21.7 Å². The predicted molar refractivity (Wildman–Crippen MR) is 46.0 cm³/mol. The van der Waals surface area contributed by atoms with Gasteiger partial charge in [0.1, 0.15) is 5.69 Å². The average Bonchev–Trinajstić information content (AvgIpc) is 2.32. The first kappa shape index (κ1) is 8.64. The van der Waals surface area contributed by atoms with Gasteiger partial charge in [-0.15, -0.1) is 0 Å². The number of rotatable bonds is 1. The van der Waals surface area contributed by atoms with E-state index in [9.17, 15) is 4.79 Å². The smallest absolute Gasteiger partial charge is 0.354 e. The van der Waals surface area contributed by atoms with Gasteiger partial charge in [-0.25, -0.2) is 4.79 Å². The number of nitrogen functional groups attached to an aromatic ring is 1. The van der Waals surface area contributed by atoms with Crippen molar-refractivity contribution in [2.24, 2.45) is 0 Å². The molecule has 0 aliphatic carbocycles. The summed E-state index contributed by atoms with van der Waals surface area (Å²) in [7, 11) is 1.34. The lowest BCUT2D eigenvalue weighted by molar-refractivity contribution is 0.0594. The van der Waals surface area contributed by atoms with Crippen molar-refractivity contribution in [1.82, 2.24) is 4.98 Å². The molecule has 1 aromatic heterocycles. The van der Waals surface area contributed by atoms with Crippen LogP contribution in [0.3, 0.4) is 0 Å². The standard InChI is InChI=1S/C8H12N2O2/c1-4-6(9)5(2)10-7(4)8(11)12-3/h10H,9H2,1-3H3. The van der Waals surface area contributed by atoms with Crippen molar-refractivity contribution in [1.29, 1.82) is 0 Å². The molecule has 0 saturated carbocycles. The van der Waals surface area contributed by atoms with E-state index in [0.717, 1.165) is 11.3 Å². The summed E-state index contributed by atoms with van der Waals surface area (Å²) in [5.41, 5.74) is 8.26. The fourth-order valence-corrected chi connectivity index (χ4v) is 1.07. The van der Waals surface area contributed by atoms with Gasteiger partial charge < -0.3 is 15.5 Å². The van der Waals surface area contributed by atoms with Crippen LogP contribution in [0, 0.1) is 13.8 Å². The molecule has 4 nitrogen and oxygen atoms in total. The van der Waals surface area contributed by atoms with E-state index < -0.39 is 0 Å². The van der Waals surface area contributed by atoms with Gasteiger partial charge >= 0.3 is 5.97 Å². The van der Waals surface area contributed by atoms with Crippen LogP contribution in [0.5, 0.6) is 0 Å². The summed E-state index contributed by atoms with van der Waals surface area (Å²) in [6.07, 6.45) is 0. The van der Waals surface area contributed by atoms with Crippen LogP contribution >= 0.6 is 0 Å². The summed E-state index contributed by atoms with van der Waals surface area (Å²) in [5, 5.41) is 0. The van der Waals surface area contributed by atoms with E-state index >= 15 is 0 Å². The lowest BCUT2D eigenvalue weighted by Gasteiger charge is -1.96. The molecule has 0 saturated heterocycles. The molecule has 4 heteroatoms. The lowest BCUT2D eigenvalue weighted by atomic mass is 10.2. The fourth-order valence-electron chi connectivity index (χ4n) is 1.07. The molecular weight excluding hydrogens is 156 g/mol. The van der Waals surface area contributed by atoms with Gasteiger partial charge in [-0.2, -0.15) is 0 Å². The number of carbonyl (C=O) groups is 1. The highest BCUT2D eigenvalue weighted by molar-refractivity contribution is 5.91. The van der Waals surface area contributed by atoms with Crippen molar-refractivity contribution in [3.63, 3.8) is 0 Å². The largest absolute Gasteiger partial charge is 0.464 e. The molecule has 66 valence electrons. The van der Waals surface area contributed by atoms with Gasteiger partial charge in [-0.1, -0.05) is 0 Å². The quantitative estimate of drug-likeness (QED) is 0.614. The molecule has 12 heavy (non-hydrogen) atoms. The highest BCUT2D eigenvalue weighted by atomic mass is 16.5. The van der Waals surface area contributed by atoms with Crippen LogP contribution < -0.4 is 5.73 Å². The highest BCUT2D eigenvalue weighted by Crippen LogP contribution is 2.19. The second kappa shape index (κ2) is 2.89. The second-order valence-electron chi connectivity index (χ2n) is 2.66. The van der Waals surface area contributed by atoms with Gasteiger partial charge in [0.25, 0.3) is 0 Å². The van der Waals surface area contributed by atoms with Crippen molar-refractivity contribution in [3.8, 4) is 0 Å². The molecule has 1 aromatic rings. The zero-order chi connectivity index (χ0) is 9.30. The Labute approximate surface area is 70.7 Å². The average molecular weight is 168 g/mol. The Morgan fingerprint density at radius 3 is 2.42 bits per heavy atom. The van der Waals surface area contributed by atoms with Crippen LogP contribution in [-0.2, 0) is 4.74 Å². The van der Waals surface area contributed by atoms with E-state index in [-0.39, 0.29) is 5.97 Å². The zero-order valence-electron chi connectivity index (χ0n) is 7.39. The van der Waals surface area contributed by atoms with Crippen LogP contribution in [0.2, 0.25) is 0 Å². The molecule has 0 aromatic carbocycles. The van der Waals surface area contributed by atoms with E-state index in [0.29, 0.717) is 11.4 Å². The monoisotopic (exact) mass is 168 g/mol. The van der Waals surface area contributed by atoms with Crippen LogP contribution in [0.25, 0.3) is 0 Å². The van der Waals surface area contributed by atoms with Gasteiger partial charge in [0, 0.05) is 11.3 Å². The molecule has 3 N–H and O–H groups in total. The molecule has 0 aliphatic rings. The van der Waals surface area contributed by atoms with E-state index in [2.05, 4.69) is 9.72 Å². The van der Waals surface area contributed by atoms with Crippen molar-refractivity contribution in [2.45, 2.75) is 13.8 Å². The summed E-state index contributed by atoms with van der Waals surface area (Å²) in [6, 6.07) is 0. The normalized spacial score (nSPS) is 9.92. The topological polar surface area (TPSA) is 68.1 Å². The zero-order valence-corrected chi connectivity index (χ0v) is 7.39. The number of nitrogens with one attached hydrogen (secondary N) is 1. The van der Waals surface area contributed by atoms with Crippen molar-refractivity contribution >= 4 is 11.7 Å². The molecule has 0 bridgehead atoms. The number of esters is 1.